The average Bonchev–Trinajstić information content (AvgIpc) is 2.79. The lowest BCUT2D eigenvalue weighted by Crippen LogP contribution is -2.41. The van der Waals surface area contributed by atoms with E-state index in [0.29, 0.717) is 11.4 Å². The van der Waals surface area contributed by atoms with Gasteiger partial charge in [0, 0.05) is 12.1 Å². The highest BCUT2D eigenvalue weighted by atomic mass is 32.2. The zero-order valence-corrected chi connectivity index (χ0v) is 18.6. The maximum atomic E-state index is 13.4. The topological polar surface area (TPSA) is 75.7 Å². The van der Waals surface area contributed by atoms with Crippen molar-refractivity contribution in [3.63, 3.8) is 0 Å². The van der Waals surface area contributed by atoms with E-state index in [2.05, 4.69) is 5.32 Å². The van der Waals surface area contributed by atoms with Crippen molar-refractivity contribution in [2.45, 2.75) is 25.3 Å². The molecular weight excluding hydrogens is 412 g/mol. The Morgan fingerprint density at radius 2 is 1.61 bits per heavy atom. The Hall–Kier alpha value is -3.32. The summed E-state index contributed by atoms with van der Waals surface area (Å²) >= 11 is 0. The lowest BCUT2D eigenvalue weighted by Gasteiger charge is -2.26. The summed E-state index contributed by atoms with van der Waals surface area (Å²) in [7, 11) is -2.37. The summed E-state index contributed by atoms with van der Waals surface area (Å²) < 4.78 is 33.3. The van der Waals surface area contributed by atoms with Gasteiger partial charge in [0.05, 0.1) is 17.7 Å². The summed E-state index contributed by atoms with van der Waals surface area (Å²) in [6, 6.07) is 20.9. The van der Waals surface area contributed by atoms with Gasteiger partial charge in [-0.1, -0.05) is 48.5 Å². The number of carbonyl (C=O) groups excluding carboxylic acids is 1. The molecular formula is C24H26N2O4S. The zero-order chi connectivity index (χ0) is 22.4. The molecule has 0 aliphatic heterocycles. The van der Waals surface area contributed by atoms with Crippen molar-refractivity contribution in [1.29, 1.82) is 0 Å². The van der Waals surface area contributed by atoms with Crippen LogP contribution in [0.5, 0.6) is 5.75 Å². The van der Waals surface area contributed by atoms with Crippen LogP contribution in [0.1, 0.15) is 16.7 Å². The van der Waals surface area contributed by atoms with Crippen LogP contribution in [0.3, 0.4) is 0 Å². The number of hydrogen-bond donors (Lipinski definition) is 1. The Balaban J connectivity index is 1.90. The van der Waals surface area contributed by atoms with Gasteiger partial charge in [-0.3, -0.25) is 9.10 Å². The second-order valence-electron chi connectivity index (χ2n) is 7.13. The number of sulfonamides is 1. The van der Waals surface area contributed by atoms with E-state index < -0.39 is 15.9 Å². The van der Waals surface area contributed by atoms with Crippen LogP contribution in [0, 0.1) is 13.8 Å². The number of rotatable bonds is 8. The van der Waals surface area contributed by atoms with Gasteiger partial charge in [0.1, 0.15) is 12.3 Å². The first kappa shape index (κ1) is 22.4. The molecule has 0 aliphatic carbocycles. The summed E-state index contributed by atoms with van der Waals surface area (Å²) in [5, 5.41) is 2.81. The predicted molar refractivity (Wildman–Crippen MR) is 122 cm³/mol. The molecule has 0 atom stereocenters. The molecule has 3 aromatic carbocycles. The maximum absolute atomic E-state index is 13.4. The molecule has 0 unspecified atom stereocenters. The van der Waals surface area contributed by atoms with E-state index in [0.717, 1.165) is 16.7 Å². The number of hydrogen-bond acceptors (Lipinski definition) is 4. The van der Waals surface area contributed by atoms with Crippen LogP contribution < -0.4 is 14.4 Å². The maximum Gasteiger partial charge on any atom is 0.264 e. The van der Waals surface area contributed by atoms with Crippen molar-refractivity contribution in [1.82, 2.24) is 5.32 Å². The number of nitrogens with one attached hydrogen (secondary N) is 1. The van der Waals surface area contributed by atoms with Crippen molar-refractivity contribution < 1.29 is 17.9 Å². The quantitative estimate of drug-likeness (QED) is 0.580. The molecule has 3 rings (SSSR count). The molecule has 0 bridgehead atoms. The molecule has 1 N–H and O–H groups in total. The number of ether oxygens (including phenoxy) is 1. The van der Waals surface area contributed by atoms with Gasteiger partial charge in [-0.25, -0.2) is 8.42 Å². The van der Waals surface area contributed by atoms with E-state index >= 15 is 0 Å². The molecule has 6 nitrogen and oxygen atoms in total. The SMILES string of the molecule is COc1ccccc1CNC(=O)CN(c1cccc(C)c1C)S(=O)(=O)c1ccccc1. The Morgan fingerprint density at radius 3 is 2.32 bits per heavy atom. The van der Waals surface area contributed by atoms with Gasteiger partial charge in [-0.2, -0.15) is 0 Å². The van der Waals surface area contributed by atoms with Crippen molar-refractivity contribution in [2.75, 3.05) is 18.0 Å². The molecule has 0 aromatic heterocycles. The first-order valence-corrected chi connectivity index (χ1v) is 11.3. The average molecular weight is 439 g/mol. The van der Waals surface area contributed by atoms with Gasteiger partial charge in [0.2, 0.25) is 5.91 Å². The molecule has 0 saturated carbocycles. The molecule has 3 aromatic rings. The number of nitrogens with zero attached hydrogens (tertiary/aromatic N) is 1. The number of methoxy groups -OCH3 is 1. The molecule has 31 heavy (non-hydrogen) atoms. The van der Waals surface area contributed by atoms with E-state index in [-0.39, 0.29) is 18.0 Å². The minimum atomic E-state index is -3.94. The summed E-state index contributed by atoms with van der Waals surface area (Å²) in [5.41, 5.74) is 3.04. The van der Waals surface area contributed by atoms with Gasteiger partial charge in [-0.05, 0) is 49.2 Å². The highest BCUT2D eigenvalue weighted by Gasteiger charge is 2.28. The van der Waals surface area contributed by atoms with Gasteiger partial charge >= 0.3 is 0 Å². The number of para-hydroxylation sites is 1. The molecule has 0 spiro atoms. The van der Waals surface area contributed by atoms with Crippen molar-refractivity contribution in [3.8, 4) is 5.75 Å². The molecule has 0 radical (unpaired) electrons. The Labute approximate surface area is 183 Å². The highest BCUT2D eigenvalue weighted by molar-refractivity contribution is 7.92. The third-order valence-corrected chi connectivity index (χ3v) is 6.91. The minimum Gasteiger partial charge on any atom is -0.496 e. The first-order chi connectivity index (χ1) is 14.8. The van der Waals surface area contributed by atoms with Gasteiger partial charge in [-0.15, -0.1) is 0 Å². The standard InChI is InChI=1S/C24H26N2O4S/c1-18-10-9-14-22(19(18)2)26(31(28,29)21-12-5-4-6-13-21)17-24(27)25-16-20-11-7-8-15-23(20)30-3/h4-15H,16-17H2,1-3H3,(H,25,27). The van der Waals surface area contributed by atoms with Crippen molar-refractivity contribution >= 4 is 21.6 Å². The predicted octanol–water partition coefficient (Wildman–Crippen LogP) is 3.82. The molecule has 0 heterocycles. The number of amides is 1. The number of benzene rings is 3. The van der Waals surface area contributed by atoms with Crippen LogP contribution in [0.2, 0.25) is 0 Å². The van der Waals surface area contributed by atoms with Crippen LogP contribution in [-0.4, -0.2) is 28.0 Å². The molecule has 1 amide bonds. The summed E-state index contributed by atoms with van der Waals surface area (Å²) in [5.74, 6) is 0.248. The fourth-order valence-electron chi connectivity index (χ4n) is 3.25. The fourth-order valence-corrected chi connectivity index (χ4v) is 4.75. The number of anilines is 1. The van der Waals surface area contributed by atoms with Crippen molar-refractivity contribution in [2.24, 2.45) is 0 Å². The van der Waals surface area contributed by atoms with Crippen LogP contribution in [-0.2, 0) is 21.4 Å². The highest BCUT2D eigenvalue weighted by Crippen LogP contribution is 2.28. The van der Waals surface area contributed by atoms with Crippen LogP contribution in [0.4, 0.5) is 5.69 Å². The largest absolute Gasteiger partial charge is 0.496 e. The Morgan fingerprint density at radius 1 is 0.935 bits per heavy atom. The second kappa shape index (κ2) is 9.66. The minimum absolute atomic E-state index is 0.133. The monoisotopic (exact) mass is 438 g/mol. The van der Waals surface area contributed by atoms with Gasteiger partial charge in [0.15, 0.2) is 0 Å². The van der Waals surface area contributed by atoms with Crippen LogP contribution in [0.15, 0.2) is 77.7 Å². The molecule has 0 aliphatic rings. The third kappa shape index (κ3) is 5.06. The first-order valence-electron chi connectivity index (χ1n) is 9.87. The number of carbonyl (C=O) groups is 1. The second-order valence-corrected chi connectivity index (χ2v) is 8.99. The third-order valence-electron chi connectivity index (χ3n) is 5.13. The molecule has 162 valence electrons. The fraction of sp³-hybridized carbons (Fsp3) is 0.208. The van der Waals surface area contributed by atoms with E-state index in [9.17, 15) is 13.2 Å². The zero-order valence-electron chi connectivity index (χ0n) is 17.8. The lowest BCUT2D eigenvalue weighted by atomic mass is 10.1. The number of aryl methyl sites for hydroxylation is 1. The summed E-state index contributed by atoms with van der Waals surface area (Å²) in [6.45, 7) is 3.66. The van der Waals surface area contributed by atoms with Crippen LogP contribution in [0.25, 0.3) is 0 Å². The van der Waals surface area contributed by atoms with Crippen molar-refractivity contribution in [3.05, 3.63) is 89.5 Å². The van der Waals surface area contributed by atoms with E-state index in [1.807, 2.05) is 44.2 Å². The smallest absolute Gasteiger partial charge is 0.264 e. The molecule has 7 heteroatoms. The normalized spacial score (nSPS) is 11.1. The Bertz CT molecular complexity index is 1160. The summed E-state index contributed by atoms with van der Waals surface area (Å²) in [4.78, 5) is 12.9. The molecule has 0 fully saturated rings. The van der Waals surface area contributed by atoms with E-state index in [1.165, 1.54) is 16.4 Å². The van der Waals surface area contributed by atoms with Gasteiger partial charge in [0.25, 0.3) is 10.0 Å². The summed E-state index contributed by atoms with van der Waals surface area (Å²) in [6.07, 6.45) is 0. The van der Waals surface area contributed by atoms with Crippen LogP contribution >= 0.6 is 0 Å². The lowest BCUT2D eigenvalue weighted by molar-refractivity contribution is -0.119. The van der Waals surface area contributed by atoms with Gasteiger partial charge < -0.3 is 10.1 Å². The Kier molecular flexibility index (Phi) is 6.97. The molecule has 0 saturated heterocycles. The van der Waals surface area contributed by atoms with E-state index in [1.54, 1.807) is 37.4 Å². The van der Waals surface area contributed by atoms with E-state index in [4.69, 9.17) is 4.74 Å².